The molecular formula is C13H25NO. The topological polar surface area (TPSA) is 21.3 Å². The predicted molar refractivity (Wildman–Crippen MR) is 65.1 cm³/mol. The Morgan fingerprint density at radius 1 is 1.33 bits per heavy atom. The van der Waals surface area contributed by atoms with E-state index in [2.05, 4.69) is 32.2 Å². The molecule has 0 aromatic carbocycles. The second kappa shape index (κ2) is 7.02. The van der Waals surface area contributed by atoms with E-state index in [0.717, 1.165) is 32.1 Å². The van der Waals surface area contributed by atoms with Gasteiger partial charge in [-0.15, -0.1) is 0 Å². The highest BCUT2D eigenvalue weighted by Crippen LogP contribution is 2.08. The monoisotopic (exact) mass is 211 g/mol. The van der Waals surface area contributed by atoms with Gasteiger partial charge in [0.25, 0.3) is 0 Å². The van der Waals surface area contributed by atoms with Gasteiger partial charge in [-0.3, -0.25) is 0 Å². The van der Waals surface area contributed by atoms with Gasteiger partial charge in [-0.1, -0.05) is 19.9 Å². The van der Waals surface area contributed by atoms with Crippen LogP contribution in [0.5, 0.6) is 0 Å². The zero-order valence-corrected chi connectivity index (χ0v) is 10.4. The average molecular weight is 211 g/mol. The van der Waals surface area contributed by atoms with Crippen LogP contribution in [0.2, 0.25) is 0 Å². The molecule has 0 aliphatic carbocycles. The Morgan fingerprint density at radius 2 is 2.13 bits per heavy atom. The third-order valence-corrected chi connectivity index (χ3v) is 2.84. The standard InChI is InChI=1S/C13H25NO/c1-11(2)6-7-12(3)14-9-13-5-4-8-15-10-13/h5,11-12,14H,4,6-10H2,1-3H3. The van der Waals surface area contributed by atoms with E-state index in [0.29, 0.717) is 6.04 Å². The fraction of sp³-hybridized carbons (Fsp3) is 0.846. The van der Waals surface area contributed by atoms with Gasteiger partial charge in [0.2, 0.25) is 0 Å². The summed E-state index contributed by atoms with van der Waals surface area (Å²) in [6.45, 7) is 9.55. The van der Waals surface area contributed by atoms with Crippen LogP contribution in [0.25, 0.3) is 0 Å². The van der Waals surface area contributed by atoms with Gasteiger partial charge in [0.1, 0.15) is 0 Å². The number of hydrogen-bond donors (Lipinski definition) is 1. The van der Waals surface area contributed by atoms with Crippen molar-refractivity contribution in [1.82, 2.24) is 5.32 Å². The molecule has 1 unspecified atom stereocenters. The van der Waals surface area contributed by atoms with E-state index in [-0.39, 0.29) is 0 Å². The molecule has 0 saturated carbocycles. The molecule has 0 radical (unpaired) electrons. The van der Waals surface area contributed by atoms with Crippen LogP contribution in [0, 0.1) is 5.92 Å². The van der Waals surface area contributed by atoms with Gasteiger partial charge < -0.3 is 10.1 Å². The Bertz CT molecular complexity index is 199. The Kier molecular flexibility index (Phi) is 5.96. The largest absolute Gasteiger partial charge is 0.377 e. The lowest BCUT2D eigenvalue weighted by Crippen LogP contribution is -2.30. The van der Waals surface area contributed by atoms with Crippen molar-refractivity contribution >= 4 is 0 Å². The first-order chi connectivity index (χ1) is 7.18. The van der Waals surface area contributed by atoms with Crippen LogP contribution in [-0.2, 0) is 4.74 Å². The van der Waals surface area contributed by atoms with E-state index >= 15 is 0 Å². The Morgan fingerprint density at radius 3 is 2.73 bits per heavy atom. The predicted octanol–water partition coefficient (Wildman–Crippen LogP) is 2.75. The summed E-state index contributed by atoms with van der Waals surface area (Å²) in [6, 6.07) is 0.621. The van der Waals surface area contributed by atoms with Gasteiger partial charge in [0.05, 0.1) is 13.2 Å². The molecule has 0 amide bonds. The molecule has 0 aromatic heterocycles. The Labute approximate surface area is 94.1 Å². The maximum Gasteiger partial charge on any atom is 0.0689 e. The molecule has 88 valence electrons. The van der Waals surface area contributed by atoms with Crippen molar-refractivity contribution < 1.29 is 4.74 Å². The number of rotatable bonds is 6. The van der Waals surface area contributed by atoms with Gasteiger partial charge >= 0.3 is 0 Å². The molecule has 2 heteroatoms. The minimum atomic E-state index is 0.621. The summed E-state index contributed by atoms with van der Waals surface area (Å²) in [5.74, 6) is 0.812. The highest BCUT2D eigenvalue weighted by Gasteiger charge is 2.06. The molecule has 1 aliphatic rings. The first-order valence-electron chi connectivity index (χ1n) is 6.17. The van der Waals surface area contributed by atoms with E-state index < -0.39 is 0 Å². The van der Waals surface area contributed by atoms with E-state index in [4.69, 9.17) is 4.74 Å². The average Bonchev–Trinajstić information content (AvgIpc) is 2.25. The maximum atomic E-state index is 5.40. The zero-order chi connectivity index (χ0) is 11.1. The minimum absolute atomic E-state index is 0.621. The first kappa shape index (κ1) is 12.7. The molecule has 1 aliphatic heterocycles. The van der Waals surface area contributed by atoms with Crippen molar-refractivity contribution in [1.29, 1.82) is 0 Å². The van der Waals surface area contributed by atoms with Crippen LogP contribution in [0.4, 0.5) is 0 Å². The maximum absolute atomic E-state index is 5.40. The molecule has 1 rings (SSSR count). The van der Waals surface area contributed by atoms with Crippen LogP contribution in [0.3, 0.4) is 0 Å². The first-order valence-corrected chi connectivity index (χ1v) is 6.17. The molecule has 0 fully saturated rings. The summed E-state index contributed by atoms with van der Waals surface area (Å²) in [4.78, 5) is 0. The summed E-state index contributed by atoms with van der Waals surface area (Å²) in [7, 11) is 0. The van der Waals surface area contributed by atoms with Crippen molar-refractivity contribution in [3.8, 4) is 0 Å². The lowest BCUT2D eigenvalue weighted by molar-refractivity contribution is 0.148. The molecule has 1 atom stereocenters. The number of hydrogen-bond acceptors (Lipinski definition) is 2. The minimum Gasteiger partial charge on any atom is -0.377 e. The van der Waals surface area contributed by atoms with Crippen LogP contribution >= 0.6 is 0 Å². The van der Waals surface area contributed by atoms with Crippen molar-refractivity contribution in [2.75, 3.05) is 19.8 Å². The van der Waals surface area contributed by atoms with E-state index in [1.165, 1.54) is 18.4 Å². The summed E-state index contributed by atoms with van der Waals surface area (Å²) < 4.78 is 5.40. The smallest absolute Gasteiger partial charge is 0.0689 e. The van der Waals surface area contributed by atoms with Crippen molar-refractivity contribution in [3.05, 3.63) is 11.6 Å². The summed E-state index contributed by atoms with van der Waals surface area (Å²) in [5, 5.41) is 3.56. The lowest BCUT2D eigenvalue weighted by Gasteiger charge is -2.18. The molecule has 0 spiro atoms. The van der Waals surface area contributed by atoms with E-state index in [1.54, 1.807) is 0 Å². The molecule has 0 bridgehead atoms. The lowest BCUT2D eigenvalue weighted by atomic mass is 10.0. The Balaban J connectivity index is 2.10. The second-order valence-corrected chi connectivity index (χ2v) is 4.96. The van der Waals surface area contributed by atoms with Crippen LogP contribution in [0.1, 0.15) is 40.0 Å². The van der Waals surface area contributed by atoms with Crippen LogP contribution in [-0.4, -0.2) is 25.8 Å². The van der Waals surface area contributed by atoms with Gasteiger partial charge in [0.15, 0.2) is 0 Å². The molecule has 2 nitrogen and oxygen atoms in total. The zero-order valence-electron chi connectivity index (χ0n) is 10.4. The van der Waals surface area contributed by atoms with Gasteiger partial charge in [0, 0.05) is 12.6 Å². The summed E-state index contributed by atoms with van der Waals surface area (Å²) in [6.07, 6.45) is 5.97. The molecule has 15 heavy (non-hydrogen) atoms. The highest BCUT2D eigenvalue weighted by atomic mass is 16.5. The second-order valence-electron chi connectivity index (χ2n) is 4.96. The molecular weight excluding hydrogens is 186 g/mol. The third-order valence-electron chi connectivity index (χ3n) is 2.84. The van der Waals surface area contributed by atoms with Crippen LogP contribution in [0.15, 0.2) is 11.6 Å². The number of ether oxygens (including phenoxy) is 1. The molecule has 0 saturated heterocycles. The van der Waals surface area contributed by atoms with Crippen molar-refractivity contribution in [3.63, 3.8) is 0 Å². The van der Waals surface area contributed by atoms with Gasteiger partial charge in [-0.2, -0.15) is 0 Å². The summed E-state index contributed by atoms with van der Waals surface area (Å²) in [5.41, 5.74) is 1.41. The van der Waals surface area contributed by atoms with Crippen molar-refractivity contribution in [2.24, 2.45) is 5.92 Å². The van der Waals surface area contributed by atoms with Gasteiger partial charge in [-0.05, 0) is 37.7 Å². The highest BCUT2D eigenvalue weighted by molar-refractivity contribution is 5.06. The van der Waals surface area contributed by atoms with E-state index in [9.17, 15) is 0 Å². The van der Waals surface area contributed by atoms with Crippen molar-refractivity contribution in [2.45, 2.75) is 46.1 Å². The SMILES string of the molecule is CC(C)CCC(C)NCC1=CCCOC1. The molecule has 0 aromatic rings. The molecule has 1 N–H and O–H groups in total. The fourth-order valence-electron chi connectivity index (χ4n) is 1.72. The van der Waals surface area contributed by atoms with Crippen LogP contribution < -0.4 is 5.32 Å². The quantitative estimate of drug-likeness (QED) is 0.682. The van der Waals surface area contributed by atoms with E-state index in [1.807, 2.05) is 0 Å². The molecule has 1 heterocycles. The normalized spacial score (nSPS) is 19.1. The third kappa shape index (κ3) is 5.95. The number of nitrogens with one attached hydrogen (secondary N) is 1. The fourth-order valence-corrected chi connectivity index (χ4v) is 1.72. The summed E-state index contributed by atoms with van der Waals surface area (Å²) >= 11 is 0. The van der Waals surface area contributed by atoms with Gasteiger partial charge in [-0.25, -0.2) is 0 Å². The Hall–Kier alpha value is -0.340.